The van der Waals surface area contributed by atoms with Gasteiger partial charge in [-0.2, -0.15) is 0 Å². The highest BCUT2D eigenvalue weighted by Gasteiger charge is 2.23. The highest BCUT2D eigenvalue weighted by atomic mass is 32.2. The molecule has 1 N–H and O–H groups in total. The molecule has 1 heterocycles. The van der Waals surface area contributed by atoms with Crippen LogP contribution >= 0.6 is 0 Å². The summed E-state index contributed by atoms with van der Waals surface area (Å²) in [6.45, 7) is 7.12. The quantitative estimate of drug-likeness (QED) is 0.884. The van der Waals surface area contributed by atoms with Gasteiger partial charge in [0.05, 0.1) is 17.6 Å². The van der Waals surface area contributed by atoms with Crippen LogP contribution in [0.1, 0.15) is 19.4 Å². The van der Waals surface area contributed by atoms with Crippen LogP contribution in [0.3, 0.4) is 0 Å². The van der Waals surface area contributed by atoms with Gasteiger partial charge in [0, 0.05) is 24.0 Å². The Bertz CT molecular complexity index is 884. The fraction of sp³-hybridized carbons (Fsp3) is 0.368. The van der Waals surface area contributed by atoms with Gasteiger partial charge in [-0.1, -0.05) is 0 Å². The maximum atomic E-state index is 13.4. The molecule has 0 amide bonds. The molecule has 2 atom stereocenters. The van der Waals surface area contributed by atoms with E-state index in [9.17, 15) is 12.8 Å². The summed E-state index contributed by atoms with van der Waals surface area (Å²) in [5.74, 6) is -0.429. The molecule has 2 aromatic rings. The van der Waals surface area contributed by atoms with E-state index in [4.69, 9.17) is 4.74 Å². The van der Waals surface area contributed by atoms with E-state index in [-0.39, 0.29) is 17.0 Å². The summed E-state index contributed by atoms with van der Waals surface area (Å²) in [4.78, 5) is 2.28. The fourth-order valence-electron chi connectivity index (χ4n) is 2.98. The largest absolute Gasteiger partial charge is 0.375 e. The normalized spacial score (nSPS) is 20.8. The first-order valence-electron chi connectivity index (χ1n) is 8.53. The highest BCUT2D eigenvalue weighted by Crippen LogP contribution is 2.25. The lowest BCUT2D eigenvalue weighted by atomic mass is 10.1. The van der Waals surface area contributed by atoms with Crippen LogP contribution in [-0.2, 0) is 14.8 Å². The van der Waals surface area contributed by atoms with Crippen molar-refractivity contribution in [1.82, 2.24) is 0 Å². The van der Waals surface area contributed by atoms with Gasteiger partial charge in [0.1, 0.15) is 5.82 Å². The molecule has 2 unspecified atom stereocenters. The molecule has 7 heteroatoms. The van der Waals surface area contributed by atoms with E-state index < -0.39 is 15.8 Å². The Balaban J connectivity index is 1.77. The second-order valence-electron chi connectivity index (χ2n) is 6.71. The number of benzene rings is 2. The average Bonchev–Trinajstić information content (AvgIpc) is 2.60. The number of nitrogens with one attached hydrogen (secondary N) is 1. The lowest BCUT2D eigenvalue weighted by Gasteiger charge is -2.38. The summed E-state index contributed by atoms with van der Waals surface area (Å²) in [5.41, 5.74) is 1.77. The first-order valence-corrected chi connectivity index (χ1v) is 10.0. The highest BCUT2D eigenvalue weighted by molar-refractivity contribution is 7.92. The van der Waals surface area contributed by atoms with E-state index in [0.29, 0.717) is 17.9 Å². The smallest absolute Gasteiger partial charge is 0.261 e. The number of hydrogen-bond donors (Lipinski definition) is 1. The third-order valence-electron chi connectivity index (χ3n) is 4.50. The molecule has 1 aliphatic rings. The van der Waals surface area contributed by atoms with Crippen molar-refractivity contribution in [1.29, 1.82) is 0 Å². The summed E-state index contributed by atoms with van der Waals surface area (Å²) in [7, 11) is -3.76. The minimum absolute atomic E-state index is 0.0381. The molecule has 0 bridgehead atoms. The number of rotatable bonds is 4. The molecule has 0 radical (unpaired) electrons. The zero-order chi connectivity index (χ0) is 18.9. The summed E-state index contributed by atoms with van der Waals surface area (Å²) < 4.78 is 46.5. The Kier molecular flexibility index (Phi) is 5.20. The average molecular weight is 378 g/mol. The number of nitrogens with zero attached hydrogens (tertiary/aromatic N) is 1. The molecular formula is C19H23FN2O3S. The standard InChI is InChI=1S/C19H23FN2O3S/c1-13-10-18(8-9-19(13)20)26(23,24)21-16-4-6-17(7-5-16)22-11-15(3)25-12-14(22)2/h4-10,14-15,21H,11-12H2,1-3H3. The third kappa shape index (κ3) is 3.99. The summed E-state index contributed by atoms with van der Waals surface area (Å²) in [6.07, 6.45) is 0.158. The van der Waals surface area contributed by atoms with Crippen LogP contribution in [0.15, 0.2) is 47.4 Å². The number of sulfonamides is 1. The Morgan fingerprint density at radius 3 is 2.50 bits per heavy atom. The van der Waals surface area contributed by atoms with Gasteiger partial charge >= 0.3 is 0 Å². The molecule has 0 aliphatic carbocycles. The predicted molar refractivity (Wildman–Crippen MR) is 101 cm³/mol. The van der Waals surface area contributed by atoms with Crippen molar-refractivity contribution < 1.29 is 17.5 Å². The van der Waals surface area contributed by atoms with E-state index in [1.165, 1.54) is 19.1 Å². The topological polar surface area (TPSA) is 58.6 Å². The zero-order valence-corrected chi connectivity index (χ0v) is 15.9. The van der Waals surface area contributed by atoms with E-state index in [2.05, 4.69) is 16.5 Å². The van der Waals surface area contributed by atoms with Gasteiger partial charge in [0.25, 0.3) is 10.0 Å². The monoisotopic (exact) mass is 378 g/mol. The molecule has 0 aromatic heterocycles. The molecule has 1 saturated heterocycles. The van der Waals surface area contributed by atoms with Crippen LogP contribution in [-0.4, -0.2) is 33.7 Å². The second-order valence-corrected chi connectivity index (χ2v) is 8.39. The lowest BCUT2D eigenvalue weighted by Crippen LogP contribution is -2.47. The van der Waals surface area contributed by atoms with E-state index >= 15 is 0 Å². The first-order chi connectivity index (χ1) is 12.3. The van der Waals surface area contributed by atoms with Crippen LogP contribution in [0.25, 0.3) is 0 Å². The van der Waals surface area contributed by atoms with Crippen molar-refractivity contribution in [2.24, 2.45) is 0 Å². The number of anilines is 2. The van der Waals surface area contributed by atoms with Gasteiger partial charge in [-0.15, -0.1) is 0 Å². The summed E-state index contributed by atoms with van der Waals surface area (Å²) in [5, 5.41) is 0. The van der Waals surface area contributed by atoms with Gasteiger partial charge in [0.15, 0.2) is 0 Å². The predicted octanol–water partition coefficient (Wildman–Crippen LogP) is 3.55. The summed E-state index contributed by atoms with van der Waals surface area (Å²) >= 11 is 0. The molecule has 1 fully saturated rings. The molecule has 0 spiro atoms. The number of morpholine rings is 1. The number of ether oxygens (including phenoxy) is 1. The van der Waals surface area contributed by atoms with Crippen molar-refractivity contribution in [2.75, 3.05) is 22.8 Å². The minimum Gasteiger partial charge on any atom is -0.375 e. The lowest BCUT2D eigenvalue weighted by molar-refractivity contribution is 0.0344. The maximum absolute atomic E-state index is 13.4. The Labute approximate surface area is 153 Å². The van der Waals surface area contributed by atoms with Crippen molar-refractivity contribution in [3.8, 4) is 0 Å². The molecule has 0 saturated carbocycles. The van der Waals surface area contributed by atoms with Crippen molar-refractivity contribution in [2.45, 2.75) is 37.8 Å². The Morgan fingerprint density at radius 2 is 1.85 bits per heavy atom. The molecule has 2 aromatic carbocycles. The molecule has 26 heavy (non-hydrogen) atoms. The first kappa shape index (κ1) is 18.7. The molecule has 1 aliphatic heterocycles. The van der Waals surface area contributed by atoms with Crippen LogP contribution in [0.2, 0.25) is 0 Å². The Hall–Kier alpha value is -2.12. The van der Waals surface area contributed by atoms with Gasteiger partial charge in [0.2, 0.25) is 0 Å². The number of aryl methyl sites for hydroxylation is 1. The van der Waals surface area contributed by atoms with Crippen molar-refractivity contribution >= 4 is 21.4 Å². The number of halogens is 1. The van der Waals surface area contributed by atoms with Gasteiger partial charge in [-0.3, -0.25) is 4.72 Å². The summed E-state index contributed by atoms with van der Waals surface area (Å²) in [6, 6.07) is 11.2. The SMILES string of the molecule is Cc1cc(S(=O)(=O)Nc2ccc(N3CC(C)OCC3C)cc2)ccc1F. The van der Waals surface area contributed by atoms with Gasteiger partial charge in [-0.05, 0) is 68.8 Å². The molecule has 3 rings (SSSR count). The van der Waals surface area contributed by atoms with Crippen LogP contribution in [0, 0.1) is 12.7 Å². The third-order valence-corrected chi connectivity index (χ3v) is 5.88. The molecule has 140 valence electrons. The minimum atomic E-state index is -3.76. The van der Waals surface area contributed by atoms with Crippen LogP contribution < -0.4 is 9.62 Å². The fourth-order valence-corrected chi connectivity index (χ4v) is 4.13. The molecule has 5 nitrogen and oxygen atoms in total. The van der Waals surface area contributed by atoms with E-state index in [1.54, 1.807) is 12.1 Å². The van der Waals surface area contributed by atoms with Crippen LogP contribution in [0.5, 0.6) is 0 Å². The van der Waals surface area contributed by atoms with Gasteiger partial charge < -0.3 is 9.64 Å². The molecular weight excluding hydrogens is 355 g/mol. The second kappa shape index (κ2) is 7.25. The van der Waals surface area contributed by atoms with Crippen molar-refractivity contribution in [3.05, 3.63) is 53.8 Å². The zero-order valence-electron chi connectivity index (χ0n) is 15.1. The van der Waals surface area contributed by atoms with Crippen LogP contribution in [0.4, 0.5) is 15.8 Å². The van der Waals surface area contributed by atoms with E-state index in [0.717, 1.165) is 18.3 Å². The number of hydrogen-bond acceptors (Lipinski definition) is 4. The van der Waals surface area contributed by atoms with Crippen molar-refractivity contribution in [3.63, 3.8) is 0 Å². The maximum Gasteiger partial charge on any atom is 0.261 e. The van der Waals surface area contributed by atoms with Gasteiger partial charge in [-0.25, -0.2) is 12.8 Å². The van der Waals surface area contributed by atoms with E-state index in [1.807, 2.05) is 19.1 Å². The Morgan fingerprint density at radius 1 is 1.15 bits per heavy atom.